The van der Waals surface area contributed by atoms with Gasteiger partial charge < -0.3 is 5.32 Å². The molecular weight excluding hydrogens is 300 g/mol. The first-order valence-electron chi connectivity index (χ1n) is 7.10. The maximum atomic E-state index is 12.0. The first-order valence-corrected chi connectivity index (χ1v) is 8.90. The summed E-state index contributed by atoms with van der Waals surface area (Å²) in [6.07, 6.45) is 3.37. The van der Waals surface area contributed by atoms with Crippen molar-refractivity contribution in [2.24, 2.45) is 0 Å². The average molecular weight is 318 g/mol. The second-order valence-electron chi connectivity index (χ2n) is 5.35. The molecule has 110 valence electrons. The van der Waals surface area contributed by atoms with E-state index in [1.165, 1.54) is 33.0 Å². The molecule has 1 aliphatic rings. The van der Waals surface area contributed by atoms with Crippen LogP contribution in [0.5, 0.6) is 0 Å². The molecule has 5 heteroatoms. The summed E-state index contributed by atoms with van der Waals surface area (Å²) in [5, 5.41) is 3.68. The first kappa shape index (κ1) is 14.6. The first-order chi connectivity index (χ1) is 10.1. The molecule has 0 saturated heterocycles. The lowest BCUT2D eigenvalue weighted by molar-refractivity contribution is -0.113. The number of benzene rings is 1. The van der Waals surface area contributed by atoms with Crippen molar-refractivity contribution in [3.05, 3.63) is 39.9 Å². The number of thioether (sulfide) groups is 1. The summed E-state index contributed by atoms with van der Waals surface area (Å²) in [5.74, 6) is 0.447. The van der Waals surface area contributed by atoms with Crippen molar-refractivity contribution in [1.82, 2.24) is 4.98 Å². The standard InChI is InChI=1S/C16H18N2OS2/c1-10-6-7-11(2)14(8-10)20-9-15(19)18-16-17-12-4-3-5-13(12)21-16/h6-8H,3-5,9H2,1-2H3,(H,17,18,19). The molecule has 0 saturated carbocycles. The van der Waals surface area contributed by atoms with Crippen molar-refractivity contribution in [3.8, 4) is 0 Å². The number of nitrogens with one attached hydrogen (secondary N) is 1. The normalized spacial score (nSPS) is 13.2. The second-order valence-corrected chi connectivity index (χ2v) is 7.45. The van der Waals surface area contributed by atoms with Crippen LogP contribution in [0.2, 0.25) is 0 Å². The molecular formula is C16H18N2OS2. The molecule has 1 aromatic carbocycles. The Bertz CT molecular complexity index is 657. The molecule has 1 aliphatic carbocycles. The number of carbonyl (C=O) groups excluding carboxylic acids is 1. The van der Waals surface area contributed by atoms with Gasteiger partial charge in [0.05, 0.1) is 11.4 Å². The molecule has 2 aromatic rings. The Kier molecular flexibility index (Phi) is 4.31. The summed E-state index contributed by atoms with van der Waals surface area (Å²) < 4.78 is 0. The lowest BCUT2D eigenvalue weighted by Crippen LogP contribution is -2.14. The van der Waals surface area contributed by atoms with Crippen LogP contribution in [-0.4, -0.2) is 16.6 Å². The van der Waals surface area contributed by atoms with E-state index in [0.717, 1.165) is 18.0 Å². The molecule has 0 aliphatic heterocycles. The molecule has 0 atom stereocenters. The van der Waals surface area contributed by atoms with Crippen LogP contribution >= 0.6 is 23.1 Å². The number of rotatable bonds is 4. The highest BCUT2D eigenvalue weighted by Crippen LogP contribution is 2.30. The summed E-state index contributed by atoms with van der Waals surface area (Å²) in [4.78, 5) is 19.1. The molecule has 0 radical (unpaired) electrons. The third kappa shape index (κ3) is 3.47. The lowest BCUT2D eigenvalue weighted by atomic mass is 10.2. The van der Waals surface area contributed by atoms with E-state index in [-0.39, 0.29) is 5.91 Å². The SMILES string of the molecule is Cc1ccc(C)c(SCC(=O)Nc2nc3c(s2)CCC3)c1. The van der Waals surface area contributed by atoms with E-state index < -0.39 is 0 Å². The Labute approximate surface area is 133 Å². The minimum Gasteiger partial charge on any atom is -0.301 e. The van der Waals surface area contributed by atoms with Crippen molar-refractivity contribution in [2.75, 3.05) is 11.1 Å². The molecule has 0 bridgehead atoms. The van der Waals surface area contributed by atoms with Gasteiger partial charge in [-0.05, 0) is 44.7 Å². The van der Waals surface area contributed by atoms with Gasteiger partial charge in [-0.2, -0.15) is 0 Å². The van der Waals surface area contributed by atoms with Crippen LogP contribution in [0.1, 0.15) is 28.1 Å². The number of thiazole rings is 1. The van der Waals surface area contributed by atoms with Gasteiger partial charge in [-0.25, -0.2) is 4.98 Å². The van der Waals surface area contributed by atoms with Crippen molar-refractivity contribution in [1.29, 1.82) is 0 Å². The Morgan fingerprint density at radius 2 is 2.24 bits per heavy atom. The number of aromatic nitrogens is 1. The van der Waals surface area contributed by atoms with Crippen LogP contribution in [0.4, 0.5) is 5.13 Å². The predicted molar refractivity (Wildman–Crippen MR) is 89.4 cm³/mol. The molecule has 0 fully saturated rings. The van der Waals surface area contributed by atoms with E-state index in [1.807, 2.05) is 0 Å². The molecule has 1 amide bonds. The third-order valence-electron chi connectivity index (χ3n) is 3.54. The van der Waals surface area contributed by atoms with Crippen LogP contribution in [0.3, 0.4) is 0 Å². The van der Waals surface area contributed by atoms with Gasteiger partial charge >= 0.3 is 0 Å². The summed E-state index contributed by atoms with van der Waals surface area (Å²) >= 11 is 3.21. The summed E-state index contributed by atoms with van der Waals surface area (Å²) in [7, 11) is 0. The van der Waals surface area contributed by atoms with Crippen LogP contribution in [0, 0.1) is 13.8 Å². The number of nitrogens with zero attached hydrogens (tertiary/aromatic N) is 1. The van der Waals surface area contributed by atoms with E-state index in [2.05, 4.69) is 42.3 Å². The fourth-order valence-electron chi connectivity index (χ4n) is 2.41. The highest BCUT2D eigenvalue weighted by atomic mass is 32.2. The maximum Gasteiger partial charge on any atom is 0.236 e. The number of hydrogen-bond donors (Lipinski definition) is 1. The topological polar surface area (TPSA) is 42.0 Å². The molecule has 21 heavy (non-hydrogen) atoms. The molecule has 3 rings (SSSR count). The van der Waals surface area contributed by atoms with Crippen molar-refractivity contribution in [3.63, 3.8) is 0 Å². The minimum absolute atomic E-state index is 0.0216. The summed E-state index contributed by atoms with van der Waals surface area (Å²) in [6.45, 7) is 4.14. The Hall–Kier alpha value is -1.33. The zero-order valence-electron chi connectivity index (χ0n) is 12.2. The van der Waals surface area contributed by atoms with Crippen LogP contribution in [0.15, 0.2) is 23.1 Å². The number of aryl methyl sites for hydroxylation is 4. The monoisotopic (exact) mass is 318 g/mol. The number of hydrogen-bond acceptors (Lipinski definition) is 4. The van der Waals surface area contributed by atoms with Gasteiger partial charge in [0.25, 0.3) is 0 Å². The van der Waals surface area contributed by atoms with Gasteiger partial charge in [-0.1, -0.05) is 17.7 Å². The Morgan fingerprint density at radius 3 is 3.05 bits per heavy atom. The summed E-state index contributed by atoms with van der Waals surface area (Å²) in [6, 6.07) is 6.32. The predicted octanol–water partition coefficient (Wildman–Crippen LogP) is 3.98. The lowest BCUT2D eigenvalue weighted by Gasteiger charge is -2.06. The zero-order chi connectivity index (χ0) is 14.8. The van der Waals surface area contributed by atoms with Crippen molar-refractivity contribution >= 4 is 34.1 Å². The van der Waals surface area contributed by atoms with Crippen LogP contribution < -0.4 is 5.32 Å². The van der Waals surface area contributed by atoms with Crippen LogP contribution in [-0.2, 0) is 17.6 Å². The molecule has 0 unspecified atom stereocenters. The molecule has 3 nitrogen and oxygen atoms in total. The smallest absolute Gasteiger partial charge is 0.236 e. The van der Waals surface area contributed by atoms with E-state index in [4.69, 9.17) is 0 Å². The zero-order valence-corrected chi connectivity index (χ0v) is 13.9. The highest BCUT2D eigenvalue weighted by Gasteiger charge is 2.17. The number of fused-ring (bicyclic) bond motifs is 1. The van der Waals surface area contributed by atoms with Gasteiger partial charge in [0.1, 0.15) is 0 Å². The van der Waals surface area contributed by atoms with Crippen LogP contribution in [0.25, 0.3) is 0 Å². The van der Waals surface area contributed by atoms with E-state index in [1.54, 1.807) is 23.1 Å². The number of carbonyl (C=O) groups is 1. The Morgan fingerprint density at radius 1 is 1.38 bits per heavy atom. The molecule has 1 aromatic heterocycles. The third-order valence-corrected chi connectivity index (χ3v) is 5.77. The fraction of sp³-hybridized carbons (Fsp3) is 0.375. The Balaban J connectivity index is 1.57. The van der Waals surface area contributed by atoms with E-state index >= 15 is 0 Å². The van der Waals surface area contributed by atoms with Crippen molar-refractivity contribution < 1.29 is 4.79 Å². The second kappa shape index (κ2) is 6.20. The average Bonchev–Trinajstić information content (AvgIpc) is 3.00. The van der Waals surface area contributed by atoms with Gasteiger partial charge in [0.2, 0.25) is 5.91 Å². The van der Waals surface area contributed by atoms with E-state index in [0.29, 0.717) is 5.75 Å². The van der Waals surface area contributed by atoms with Gasteiger partial charge in [-0.3, -0.25) is 4.79 Å². The largest absolute Gasteiger partial charge is 0.301 e. The molecule has 1 N–H and O–H groups in total. The fourth-order valence-corrected chi connectivity index (χ4v) is 4.40. The van der Waals surface area contributed by atoms with Gasteiger partial charge in [0.15, 0.2) is 5.13 Å². The number of amides is 1. The maximum absolute atomic E-state index is 12.0. The van der Waals surface area contributed by atoms with Gasteiger partial charge in [0, 0.05) is 9.77 Å². The molecule has 1 heterocycles. The minimum atomic E-state index is 0.0216. The van der Waals surface area contributed by atoms with Crippen molar-refractivity contribution in [2.45, 2.75) is 38.0 Å². The van der Waals surface area contributed by atoms with E-state index in [9.17, 15) is 4.79 Å². The van der Waals surface area contributed by atoms with Gasteiger partial charge in [-0.15, -0.1) is 23.1 Å². The number of anilines is 1. The highest BCUT2D eigenvalue weighted by molar-refractivity contribution is 8.00. The molecule has 0 spiro atoms. The summed E-state index contributed by atoms with van der Waals surface area (Å²) in [5.41, 5.74) is 3.61. The quantitative estimate of drug-likeness (QED) is 0.867.